The van der Waals surface area contributed by atoms with E-state index in [0.29, 0.717) is 5.41 Å². The third kappa shape index (κ3) is 1.81. The van der Waals surface area contributed by atoms with Crippen molar-refractivity contribution in [1.29, 1.82) is 0 Å². The number of rotatable bonds is 0. The van der Waals surface area contributed by atoms with Gasteiger partial charge in [0.15, 0.2) is 0 Å². The molecule has 122 valence electrons. The minimum absolute atomic E-state index is 0.104. The second kappa shape index (κ2) is 4.83. The van der Waals surface area contributed by atoms with Gasteiger partial charge in [-0.25, -0.2) is 0 Å². The van der Waals surface area contributed by atoms with Gasteiger partial charge in [-0.1, -0.05) is 25.5 Å². The summed E-state index contributed by atoms with van der Waals surface area (Å²) in [4.78, 5) is 0. The highest BCUT2D eigenvalue weighted by atomic mass is 16.3. The van der Waals surface area contributed by atoms with Gasteiger partial charge in [0.05, 0.1) is 6.10 Å². The van der Waals surface area contributed by atoms with E-state index in [0.717, 1.165) is 37.0 Å². The quantitative estimate of drug-likeness (QED) is 0.408. The second-order valence-electron chi connectivity index (χ2n) is 8.73. The highest BCUT2D eigenvalue weighted by Crippen LogP contribution is 2.64. The number of hydrogen-bond donors (Lipinski definition) is 2. The molecule has 3 saturated carbocycles. The van der Waals surface area contributed by atoms with E-state index in [1.165, 1.54) is 37.8 Å². The topological polar surface area (TPSA) is 58.6 Å². The van der Waals surface area contributed by atoms with Crippen LogP contribution >= 0.6 is 0 Å². The minimum Gasteiger partial charge on any atom is -0.393 e. The molecular formula is C19H30N2O. The molecule has 0 aromatic rings. The number of allylic oxidation sites excluding steroid dienone is 1. The summed E-state index contributed by atoms with van der Waals surface area (Å²) in [6.07, 6.45) is 11.6. The number of hydrazone groups is 1. The lowest BCUT2D eigenvalue weighted by Gasteiger charge is -2.57. The summed E-state index contributed by atoms with van der Waals surface area (Å²) in [5, 5.41) is 14.2. The Balaban J connectivity index is 1.69. The maximum Gasteiger partial charge on any atom is 0.0577 e. The van der Waals surface area contributed by atoms with E-state index in [-0.39, 0.29) is 11.5 Å². The first-order chi connectivity index (χ1) is 10.5. The van der Waals surface area contributed by atoms with Crippen molar-refractivity contribution in [2.45, 2.75) is 71.3 Å². The first kappa shape index (κ1) is 14.7. The molecule has 3 fully saturated rings. The Morgan fingerprint density at radius 2 is 1.86 bits per heavy atom. The monoisotopic (exact) mass is 302 g/mol. The van der Waals surface area contributed by atoms with E-state index in [4.69, 9.17) is 5.84 Å². The lowest BCUT2D eigenvalue weighted by molar-refractivity contribution is -0.0209. The first-order valence-corrected chi connectivity index (χ1v) is 9.14. The van der Waals surface area contributed by atoms with Crippen LogP contribution in [0.3, 0.4) is 0 Å². The largest absolute Gasteiger partial charge is 0.393 e. The molecule has 0 spiro atoms. The average molecular weight is 302 g/mol. The van der Waals surface area contributed by atoms with Crippen LogP contribution in [0.15, 0.2) is 16.8 Å². The van der Waals surface area contributed by atoms with Crippen molar-refractivity contribution in [3.63, 3.8) is 0 Å². The van der Waals surface area contributed by atoms with Gasteiger partial charge in [-0.05, 0) is 74.5 Å². The lowest BCUT2D eigenvalue weighted by atomic mass is 9.48. The van der Waals surface area contributed by atoms with Crippen molar-refractivity contribution >= 4 is 5.71 Å². The number of fused-ring (bicyclic) bond motifs is 5. The Kier molecular flexibility index (Phi) is 3.24. The second-order valence-corrected chi connectivity index (χ2v) is 8.73. The lowest BCUT2D eigenvalue weighted by Crippen LogP contribution is -2.50. The Morgan fingerprint density at radius 3 is 2.64 bits per heavy atom. The molecule has 0 saturated heterocycles. The van der Waals surface area contributed by atoms with Gasteiger partial charge in [-0.3, -0.25) is 0 Å². The number of aliphatic hydroxyl groups is 1. The molecule has 4 aliphatic carbocycles. The Morgan fingerprint density at radius 1 is 1.14 bits per heavy atom. The third-order valence-corrected chi connectivity index (χ3v) is 7.97. The maximum absolute atomic E-state index is 10.0. The maximum atomic E-state index is 10.0. The van der Waals surface area contributed by atoms with Crippen LogP contribution in [-0.4, -0.2) is 16.9 Å². The van der Waals surface area contributed by atoms with Crippen LogP contribution in [0.25, 0.3) is 0 Å². The van der Waals surface area contributed by atoms with Crippen LogP contribution < -0.4 is 5.84 Å². The van der Waals surface area contributed by atoms with Gasteiger partial charge < -0.3 is 10.9 Å². The van der Waals surface area contributed by atoms with Gasteiger partial charge in [0.2, 0.25) is 0 Å². The number of nitrogens with zero attached hydrogens (tertiary/aromatic N) is 1. The molecule has 0 radical (unpaired) electrons. The molecule has 3 heteroatoms. The van der Waals surface area contributed by atoms with Crippen molar-refractivity contribution in [2.75, 3.05) is 0 Å². The average Bonchev–Trinajstić information content (AvgIpc) is 2.84. The van der Waals surface area contributed by atoms with Gasteiger partial charge in [-0.15, -0.1) is 0 Å². The fourth-order valence-electron chi connectivity index (χ4n) is 6.64. The molecule has 3 N–H and O–H groups in total. The number of nitrogens with two attached hydrogens (primary N) is 1. The molecule has 0 amide bonds. The molecule has 0 aromatic carbocycles. The van der Waals surface area contributed by atoms with Gasteiger partial charge in [-0.2, -0.15) is 5.10 Å². The molecule has 0 aromatic heterocycles. The van der Waals surface area contributed by atoms with Crippen molar-refractivity contribution in [1.82, 2.24) is 0 Å². The van der Waals surface area contributed by atoms with E-state index in [9.17, 15) is 5.11 Å². The first-order valence-electron chi connectivity index (χ1n) is 9.14. The van der Waals surface area contributed by atoms with Crippen molar-refractivity contribution < 1.29 is 5.11 Å². The Labute approximate surface area is 134 Å². The van der Waals surface area contributed by atoms with Gasteiger partial charge in [0.1, 0.15) is 0 Å². The predicted molar refractivity (Wildman–Crippen MR) is 89.3 cm³/mol. The standard InChI is InChI=1S/C19H30N2O/c1-18-9-7-13(22)11-12(18)3-4-14-15-5-6-17(21-20)19(15,2)10-8-16(14)18/h3,13-16,22H,4-11,20H2,1-2H3/b21-17-/t13-,14-,15-,16-,18+,19+/m1/s1. The van der Waals surface area contributed by atoms with Crippen LogP contribution in [0.5, 0.6) is 0 Å². The van der Waals surface area contributed by atoms with E-state index in [1.807, 2.05) is 0 Å². The molecule has 0 bridgehead atoms. The molecule has 22 heavy (non-hydrogen) atoms. The molecule has 4 aliphatic rings. The zero-order valence-corrected chi connectivity index (χ0v) is 14.0. The minimum atomic E-state index is -0.104. The summed E-state index contributed by atoms with van der Waals surface area (Å²) >= 11 is 0. The number of hydrogen-bond acceptors (Lipinski definition) is 3. The summed E-state index contributed by atoms with van der Waals surface area (Å²) in [6, 6.07) is 0. The number of aliphatic hydroxyl groups excluding tert-OH is 1. The SMILES string of the molecule is C[C@]12CC[C@@H](O)CC1=CC[C@H]1[C@H]2CC[C@]2(C)/C(=N\N)CC[C@H]12. The predicted octanol–water partition coefficient (Wildman–Crippen LogP) is 3.62. The van der Waals surface area contributed by atoms with Crippen LogP contribution in [-0.2, 0) is 0 Å². The van der Waals surface area contributed by atoms with Gasteiger partial charge >= 0.3 is 0 Å². The zero-order chi connectivity index (χ0) is 15.5. The van der Waals surface area contributed by atoms with Crippen molar-refractivity contribution in [2.24, 2.45) is 39.5 Å². The van der Waals surface area contributed by atoms with Crippen LogP contribution in [0.2, 0.25) is 0 Å². The van der Waals surface area contributed by atoms with Gasteiger partial charge in [0, 0.05) is 11.1 Å². The summed E-state index contributed by atoms with van der Waals surface area (Å²) in [5.74, 6) is 8.04. The third-order valence-electron chi connectivity index (χ3n) is 7.97. The van der Waals surface area contributed by atoms with Crippen LogP contribution in [0, 0.1) is 28.6 Å². The normalized spacial score (nSPS) is 52.7. The van der Waals surface area contributed by atoms with Crippen molar-refractivity contribution in [3.8, 4) is 0 Å². The summed E-state index contributed by atoms with van der Waals surface area (Å²) in [6.45, 7) is 4.90. The smallest absolute Gasteiger partial charge is 0.0577 e. The Hall–Kier alpha value is -0.830. The highest BCUT2D eigenvalue weighted by Gasteiger charge is 2.57. The highest BCUT2D eigenvalue weighted by molar-refractivity contribution is 5.92. The van der Waals surface area contributed by atoms with Gasteiger partial charge in [0.25, 0.3) is 0 Å². The van der Waals surface area contributed by atoms with E-state index in [2.05, 4.69) is 25.0 Å². The zero-order valence-electron chi connectivity index (χ0n) is 14.0. The molecule has 0 heterocycles. The van der Waals surface area contributed by atoms with Crippen LogP contribution in [0.1, 0.15) is 65.2 Å². The fourth-order valence-corrected chi connectivity index (χ4v) is 6.64. The molecule has 3 nitrogen and oxygen atoms in total. The van der Waals surface area contributed by atoms with Crippen LogP contribution in [0.4, 0.5) is 0 Å². The van der Waals surface area contributed by atoms with Crippen molar-refractivity contribution in [3.05, 3.63) is 11.6 Å². The van der Waals surface area contributed by atoms with E-state index >= 15 is 0 Å². The summed E-state index contributed by atoms with van der Waals surface area (Å²) < 4.78 is 0. The fraction of sp³-hybridized carbons (Fsp3) is 0.842. The molecule has 0 aliphatic heterocycles. The Bertz CT molecular complexity index is 540. The van der Waals surface area contributed by atoms with E-state index in [1.54, 1.807) is 5.57 Å². The summed E-state index contributed by atoms with van der Waals surface area (Å²) in [5.41, 5.74) is 3.43. The molecule has 0 unspecified atom stereocenters. The van der Waals surface area contributed by atoms with E-state index < -0.39 is 0 Å². The summed E-state index contributed by atoms with van der Waals surface area (Å²) in [7, 11) is 0. The molecule has 6 atom stereocenters. The molecular weight excluding hydrogens is 272 g/mol. The molecule has 4 rings (SSSR count).